The van der Waals surface area contributed by atoms with Crippen molar-refractivity contribution in [1.82, 2.24) is 4.31 Å². The first kappa shape index (κ1) is 20.8. The van der Waals surface area contributed by atoms with Crippen molar-refractivity contribution in [2.24, 2.45) is 0 Å². The standard InChI is InChI=1S/C20H23N3O5S/c1-28-20(25)15-6-4-8-17(12-15)22-19(24)14-21-16-7-5-9-18(13-16)29(26,27)23-10-2-3-11-23/h4-9,12-13,21H,2-3,10-11,14H2,1H3,(H,22,24). The highest BCUT2D eigenvalue weighted by Gasteiger charge is 2.27. The molecular formula is C20H23N3O5S. The SMILES string of the molecule is COC(=O)c1cccc(NC(=O)CNc2cccc(S(=O)(=O)N3CCCC3)c2)c1. The molecule has 0 atom stereocenters. The smallest absolute Gasteiger partial charge is 0.337 e. The van der Waals surface area contributed by atoms with Crippen LogP contribution in [0.2, 0.25) is 0 Å². The Kier molecular flexibility index (Phi) is 6.50. The summed E-state index contributed by atoms with van der Waals surface area (Å²) in [4.78, 5) is 24.0. The van der Waals surface area contributed by atoms with Gasteiger partial charge in [0.15, 0.2) is 0 Å². The summed E-state index contributed by atoms with van der Waals surface area (Å²) in [5.74, 6) is -0.824. The zero-order valence-corrected chi connectivity index (χ0v) is 16.9. The molecule has 2 aromatic rings. The fraction of sp³-hybridized carbons (Fsp3) is 0.300. The summed E-state index contributed by atoms with van der Waals surface area (Å²) in [6.45, 7) is 1.01. The molecule has 9 heteroatoms. The molecule has 1 aliphatic heterocycles. The number of nitrogens with one attached hydrogen (secondary N) is 2. The Morgan fingerprint density at radius 1 is 1.03 bits per heavy atom. The Bertz CT molecular complexity index is 1000. The van der Waals surface area contributed by atoms with Gasteiger partial charge >= 0.3 is 5.97 Å². The molecule has 0 spiro atoms. The molecule has 0 aromatic heterocycles. The Morgan fingerprint density at radius 3 is 2.45 bits per heavy atom. The molecule has 0 aliphatic carbocycles. The molecular weight excluding hydrogens is 394 g/mol. The number of hydrogen-bond acceptors (Lipinski definition) is 6. The van der Waals surface area contributed by atoms with Gasteiger partial charge in [0.05, 0.1) is 24.1 Å². The van der Waals surface area contributed by atoms with Crippen molar-refractivity contribution in [2.75, 3.05) is 37.4 Å². The third-order valence-electron chi connectivity index (χ3n) is 4.56. The highest BCUT2D eigenvalue weighted by Crippen LogP contribution is 2.23. The van der Waals surface area contributed by atoms with Crippen LogP contribution in [0.4, 0.5) is 11.4 Å². The Morgan fingerprint density at radius 2 is 1.72 bits per heavy atom. The van der Waals surface area contributed by atoms with E-state index >= 15 is 0 Å². The summed E-state index contributed by atoms with van der Waals surface area (Å²) in [6, 6.07) is 12.8. The summed E-state index contributed by atoms with van der Waals surface area (Å²) >= 11 is 0. The van der Waals surface area contributed by atoms with E-state index in [0.29, 0.717) is 30.0 Å². The summed E-state index contributed by atoms with van der Waals surface area (Å²) in [6.07, 6.45) is 1.74. The lowest BCUT2D eigenvalue weighted by atomic mass is 10.2. The first-order valence-corrected chi connectivity index (χ1v) is 10.7. The molecule has 154 valence electrons. The third-order valence-corrected chi connectivity index (χ3v) is 6.45. The van der Waals surface area contributed by atoms with Gasteiger partial charge in [-0.15, -0.1) is 0 Å². The number of esters is 1. The third kappa shape index (κ3) is 5.12. The molecule has 2 N–H and O–H groups in total. The lowest BCUT2D eigenvalue weighted by Crippen LogP contribution is -2.28. The van der Waals surface area contributed by atoms with Gasteiger partial charge in [0, 0.05) is 24.5 Å². The van der Waals surface area contributed by atoms with Crippen LogP contribution < -0.4 is 10.6 Å². The van der Waals surface area contributed by atoms with Crippen LogP contribution in [0.3, 0.4) is 0 Å². The predicted molar refractivity (Wildman–Crippen MR) is 109 cm³/mol. The number of nitrogens with zero attached hydrogens (tertiary/aromatic N) is 1. The normalized spacial score (nSPS) is 14.4. The molecule has 1 aliphatic rings. The molecule has 29 heavy (non-hydrogen) atoms. The molecule has 0 radical (unpaired) electrons. The lowest BCUT2D eigenvalue weighted by Gasteiger charge is -2.16. The van der Waals surface area contributed by atoms with Crippen molar-refractivity contribution in [3.8, 4) is 0 Å². The quantitative estimate of drug-likeness (QED) is 0.670. The van der Waals surface area contributed by atoms with E-state index in [1.54, 1.807) is 36.4 Å². The summed E-state index contributed by atoms with van der Waals surface area (Å²) in [5, 5.41) is 5.62. The van der Waals surface area contributed by atoms with Gasteiger partial charge in [-0.05, 0) is 49.2 Å². The maximum atomic E-state index is 12.7. The number of benzene rings is 2. The molecule has 0 saturated carbocycles. The molecule has 0 bridgehead atoms. The van der Waals surface area contributed by atoms with Crippen LogP contribution in [-0.2, 0) is 19.6 Å². The van der Waals surface area contributed by atoms with Crippen LogP contribution >= 0.6 is 0 Å². The maximum Gasteiger partial charge on any atom is 0.337 e. The van der Waals surface area contributed by atoms with Gasteiger partial charge < -0.3 is 15.4 Å². The minimum atomic E-state index is -3.51. The number of hydrogen-bond donors (Lipinski definition) is 2. The zero-order chi connectivity index (χ0) is 20.9. The Hall–Kier alpha value is -2.91. The minimum Gasteiger partial charge on any atom is -0.465 e. The molecule has 1 saturated heterocycles. The van der Waals surface area contributed by atoms with Crippen molar-refractivity contribution in [2.45, 2.75) is 17.7 Å². The van der Waals surface area contributed by atoms with Gasteiger partial charge in [0.25, 0.3) is 0 Å². The van der Waals surface area contributed by atoms with Crippen LogP contribution in [0.25, 0.3) is 0 Å². The van der Waals surface area contributed by atoms with Gasteiger partial charge in [-0.2, -0.15) is 4.31 Å². The van der Waals surface area contributed by atoms with Crippen molar-refractivity contribution in [1.29, 1.82) is 0 Å². The van der Waals surface area contributed by atoms with E-state index in [9.17, 15) is 18.0 Å². The van der Waals surface area contributed by atoms with Gasteiger partial charge in [-0.25, -0.2) is 13.2 Å². The monoisotopic (exact) mass is 417 g/mol. The van der Waals surface area contributed by atoms with E-state index < -0.39 is 16.0 Å². The predicted octanol–water partition coefficient (Wildman–Crippen LogP) is 2.31. The van der Waals surface area contributed by atoms with E-state index in [1.807, 2.05) is 0 Å². The first-order valence-electron chi connectivity index (χ1n) is 9.22. The molecule has 3 rings (SSSR count). The van der Waals surface area contributed by atoms with Crippen molar-refractivity contribution >= 4 is 33.3 Å². The second-order valence-corrected chi connectivity index (χ2v) is 8.55. The first-order chi connectivity index (χ1) is 13.9. The Balaban J connectivity index is 1.62. The van der Waals surface area contributed by atoms with Crippen LogP contribution in [0.5, 0.6) is 0 Å². The second kappa shape index (κ2) is 9.06. The number of sulfonamides is 1. The molecule has 1 heterocycles. The maximum absolute atomic E-state index is 12.7. The number of rotatable bonds is 7. The van der Waals surface area contributed by atoms with E-state index in [1.165, 1.54) is 23.5 Å². The molecule has 8 nitrogen and oxygen atoms in total. The summed E-state index contributed by atoms with van der Waals surface area (Å²) in [5.41, 5.74) is 1.33. The topological polar surface area (TPSA) is 105 Å². The lowest BCUT2D eigenvalue weighted by molar-refractivity contribution is -0.114. The van der Waals surface area contributed by atoms with E-state index in [2.05, 4.69) is 15.4 Å². The van der Waals surface area contributed by atoms with Crippen molar-refractivity contribution in [3.63, 3.8) is 0 Å². The molecule has 2 aromatic carbocycles. The summed E-state index contributed by atoms with van der Waals surface area (Å²) in [7, 11) is -2.23. The largest absolute Gasteiger partial charge is 0.465 e. The number of carbonyl (C=O) groups is 2. The van der Waals surface area contributed by atoms with E-state index in [4.69, 9.17) is 0 Å². The van der Waals surface area contributed by atoms with Crippen molar-refractivity contribution in [3.05, 3.63) is 54.1 Å². The van der Waals surface area contributed by atoms with Gasteiger partial charge in [0.2, 0.25) is 15.9 Å². The summed E-state index contributed by atoms with van der Waals surface area (Å²) < 4.78 is 31.5. The fourth-order valence-electron chi connectivity index (χ4n) is 3.07. The van der Waals surface area contributed by atoms with Crippen LogP contribution in [0, 0.1) is 0 Å². The number of methoxy groups -OCH3 is 1. The van der Waals surface area contributed by atoms with E-state index in [0.717, 1.165) is 12.8 Å². The number of ether oxygens (including phenoxy) is 1. The van der Waals surface area contributed by atoms with E-state index in [-0.39, 0.29) is 17.3 Å². The van der Waals surface area contributed by atoms with Gasteiger partial charge in [0.1, 0.15) is 0 Å². The average molecular weight is 417 g/mol. The molecule has 0 unspecified atom stereocenters. The van der Waals surface area contributed by atoms with Crippen LogP contribution in [0.15, 0.2) is 53.4 Å². The van der Waals surface area contributed by atoms with Crippen LogP contribution in [-0.4, -0.2) is 51.3 Å². The zero-order valence-electron chi connectivity index (χ0n) is 16.1. The van der Waals surface area contributed by atoms with Crippen molar-refractivity contribution < 1.29 is 22.7 Å². The van der Waals surface area contributed by atoms with Gasteiger partial charge in [-0.3, -0.25) is 4.79 Å². The average Bonchev–Trinajstić information content (AvgIpc) is 3.28. The van der Waals surface area contributed by atoms with Gasteiger partial charge in [-0.1, -0.05) is 12.1 Å². The highest BCUT2D eigenvalue weighted by atomic mass is 32.2. The number of carbonyl (C=O) groups excluding carboxylic acids is 2. The molecule has 1 fully saturated rings. The van der Waals surface area contributed by atoms with Crippen LogP contribution in [0.1, 0.15) is 23.2 Å². The number of anilines is 2. The highest BCUT2D eigenvalue weighted by molar-refractivity contribution is 7.89. The number of amides is 1. The second-order valence-electron chi connectivity index (χ2n) is 6.61. The fourth-order valence-corrected chi connectivity index (χ4v) is 4.64. The minimum absolute atomic E-state index is 0.0599. The Labute approximate surface area is 169 Å². The molecule has 1 amide bonds.